The van der Waals surface area contributed by atoms with Crippen molar-refractivity contribution >= 4 is 11.6 Å². The number of ether oxygens (including phenoxy) is 1. The molecule has 2 fully saturated rings. The highest BCUT2D eigenvalue weighted by Gasteiger charge is 2.39. The van der Waals surface area contributed by atoms with Gasteiger partial charge in [-0.25, -0.2) is 0 Å². The highest BCUT2D eigenvalue weighted by atomic mass is 35.5. The molecule has 0 radical (unpaired) electrons. The predicted molar refractivity (Wildman–Crippen MR) is 87.3 cm³/mol. The molecule has 0 amide bonds. The Balaban J connectivity index is 1.65. The molecular weight excluding hydrogens is 314 g/mol. The van der Waals surface area contributed by atoms with Gasteiger partial charge >= 0.3 is 0 Å². The number of nitrogens with zero attached hydrogens (tertiary/aromatic N) is 2. The van der Waals surface area contributed by atoms with Crippen LogP contribution in [-0.4, -0.2) is 16.2 Å². The first-order valence-corrected chi connectivity index (χ1v) is 8.61. The van der Waals surface area contributed by atoms with Gasteiger partial charge in [0.15, 0.2) is 5.82 Å². The van der Waals surface area contributed by atoms with Crippen LogP contribution in [-0.2, 0) is 5.54 Å². The van der Waals surface area contributed by atoms with Crippen molar-refractivity contribution in [1.82, 2.24) is 10.1 Å². The van der Waals surface area contributed by atoms with Crippen LogP contribution in [0.5, 0.6) is 5.75 Å². The molecule has 5 nitrogen and oxygen atoms in total. The quantitative estimate of drug-likeness (QED) is 0.913. The van der Waals surface area contributed by atoms with Crippen molar-refractivity contribution in [3.63, 3.8) is 0 Å². The van der Waals surface area contributed by atoms with Crippen LogP contribution in [0.25, 0.3) is 11.5 Å². The van der Waals surface area contributed by atoms with Gasteiger partial charge in [0.25, 0.3) is 5.89 Å². The van der Waals surface area contributed by atoms with Crippen molar-refractivity contribution < 1.29 is 9.26 Å². The van der Waals surface area contributed by atoms with Crippen LogP contribution in [0.15, 0.2) is 22.7 Å². The van der Waals surface area contributed by atoms with E-state index in [1.807, 2.05) is 18.2 Å². The summed E-state index contributed by atoms with van der Waals surface area (Å²) in [5.74, 6) is 1.74. The minimum absolute atomic E-state index is 0.254. The molecule has 2 saturated carbocycles. The number of aromatic nitrogens is 2. The van der Waals surface area contributed by atoms with E-state index in [0.29, 0.717) is 16.7 Å². The van der Waals surface area contributed by atoms with Crippen LogP contribution in [0.2, 0.25) is 5.02 Å². The smallest absolute Gasteiger partial charge is 0.261 e. The van der Waals surface area contributed by atoms with E-state index >= 15 is 0 Å². The lowest BCUT2D eigenvalue weighted by molar-refractivity contribution is 0.210. The molecule has 4 rings (SSSR count). The number of nitrogens with two attached hydrogens (primary N) is 1. The summed E-state index contributed by atoms with van der Waals surface area (Å²) in [4.78, 5) is 4.51. The van der Waals surface area contributed by atoms with E-state index in [9.17, 15) is 0 Å². The summed E-state index contributed by atoms with van der Waals surface area (Å²) in [5, 5.41) is 4.69. The van der Waals surface area contributed by atoms with Gasteiger partial charge in [0.05, 0.1) is 17.2 Å². The molecule has 2 N–H and O–H groups in total. The van der Waals surface area contributed by atoms with Crippen LogP contribution >= 0.6 is 11.6 Å². The fourth-order valence-electron chi connectivity index (χ4n) is 3.27. The Kier molecular flexibility index (Phi) is 3.77. The summed E-state index contributed by atoms with van der Waals surface area (Å²) >= 11 is 6.15. The summed E-state index contributed by atoms with van der Waals surface area (Å²) in [7, 11) is 0. The fourth-order valence-corrected chi connectivity index (χ4v) is 3.45. The van der Waals surface area contributed by atoms with Gasteiger partial charge in [0, 0.05) is 5.02 Å². The highest BCUT2D eigenvalue weighted by molar-refractivity contribution is 6.30. The van der Waals surface area contributed by atoms with Crippen LogP contribution in [0, 0.1) is 0 Å². The topological polar surface area (TPSA) is 74.2 Å². The number of hydrogen-bond donors (Lipinski definition) is 1. The molecule has 0 unspecified atom stereocenters. The van der Waals surface area contributed by atoms with Gasteiger partial charge in [0.1, 0.15) is 5.75 Å². The first-order chi connectivity index (χ1) is 11.1. The Hall–Kier alpha value is -1.59. The van der Waals surface area contributed by atoms with Gasteiger partial charge < -0.3 is 15.0 Å². The van der Waals surface area contributed by atoms with E-state index in [4.69, 9.17) is 26.6 Å². The van der Waals surface area contributed by atoms with Crippen molar-refractivity contribution in [3.8, 4) is 17.2 Å². The summed E-state index contributed by atoms with van der Waals surface area (Å²) in [6.45, 7) is 0. The number of benzene rings is 1. The minimum atomic E-state index is -0.438. The molecular formula is C17H20ClN3O2. The van der Waals surface area contributed by atoms with Crippen LogP contribution < -0.4 is 10.5 Å². The third-order valence-electron chi connectivity index (χ3n) is 4.88. The van der Waals surface area contributed by atoms with Gasteiger partial charge in [-0.05, 0) is 63.1 Å². The van der Waals surface area contributed by atoms with Crippen molar-refractivity contribution in [2.45, 2.75) is 56.6 Å². The van der Waals surface area contributed by atoms with E-state index in [2.05, 4.69) is 10.1 Å². The molecule has 1 aromatic carbocycles. The van der Waals surface area contributed by atoms with E-state index in [1.165, 1.54) is 12.8 Å². The Morgan fingerprint density at radius 1 is 1.22 bits per heavy atom. The Labute approximate surface area is 140 Å². The standard InChI is InChI=1S/C17H20ClN3O2/c18-11-6-7-14(22-12-4-1-2-5-12)13(10-11)15-20-16(21-23-15)17(19)8-3-9-17/h6-7,10,12H,1-5,8-9,19H2. The second-order valence-corrected chi connectivity index (χ2v) is 7.03. The molecule has 1 aromatic heterocycles. The molecule has 0 bridgehead atoms. The maximum atomic E-state index is 6.27. The summed E-state index contributed by atoms with van der Waals surface area (Å²) in [5.41, 5.74) is 6.58. The lowest BCUT2D eigenvalue weighted by Gasteiger charge is -2.34. The normalized spacial score (nSPS) is 20.4. The van der Waals surface area contributed by atoms with Gasteiger partial charge in [-0.3, -0.25) is 0 Å². The largest absolute Gasteiger partial charge is 0.490 e. The molecule has 2 aliphatic rings. The zero-order valence-electron chi connectivity index (χ0n) is 12.9. The van der Waals surface area contributed by atoms with Gasteiger partial charge in [0.2, 0.25) is 0 Å². The lowest BCUT2D eigenvalue weighted by Crippen LogP contribution is -2.44. The van der Waals surface area contributed by atoms with Crippen LogP contribution in [0.4, 0.5) is 0 Å². The summed E-state index contributed by atoms with van der Waals surface area (Å²) in [6, 6.07) is 5.51. The molecule has 0 saturated heterocycles. The molecule has 1 heterocycles. The fraction of sp³-hybridized carbons (Fsp3) is 0.529. The third-order valence-corrected chi connectivity index (χ3v) is 5.12. The van der Waals surface area contributed by atoms with Gasteiger partial charge in [-0.2, -0.15) is 4.98 Å². The van der Waals surface area contributed by atoms with Crippen LogP contribution in [0.1, 0.15) is 50.8 Å². The zero-order chi connectivity index (χ0) is 15.9. The van der Waals surface area contributed by atoms with E-state index in [0.717, 1.165) is 43.4 Å². The van der Waals surface area contributed by atoms with Gasteiger partial charge in [-0.1, -0.05) is 16.8 Å². The lowest BCUT2D eigenvalue weighted by atomic mass is 9.77. The van der Waals surface area contributed by atoms with E-state index in [1.54, 1.807) is 0 Å². The summed E-state index contributed by atoms with van der Waals surface area (Å²) in [6.07, 6.45) is 7.76. The molecule has 122 valence electrons. The Morgan fingerprint density at radius 2 is 2.00 bits per heavy atom. The second kappa shape index (κ2) is 5.80. The Bertz CT molecular complexity index is 706. The Morgan fingerprint density at radius 3 is 2.70 bits per heavy atom. The SMILES string of the molecule is NC1(c2noc(-c3cc(Cl)ccc3OC3CCCC3)n2)CCC1. The monoisotopic (exact) mass is 333 g/mol. The maximum absolute atomic E-state index is 6.27. The molecule has 0 spiro atoms. The molecule has 0 atom stereocenters. The van der Waals surface area contributed by atoms with Gasteiger partial charge in [-0.15, -0.1) is 0 Å². The molecule has 23 heavy (non-hydrogen) atoms. The van der Waals surface area contributed by atoms with E-state index in [-0.39, 0.29) is 6.10 Å². The number of hydrogen-bond acceptors (Lipinski definition) is 5. The predicted octanol–water partition coefficient (Wildman–Crippen LogP) is 4.05. The third kappa shape index (κ3) is 2.83. The number of halogens is 1. The maximum Gasteiger partial charge on any atom is 0.261 e. The van der Waals surface area contributed by atoms with Crippen LogP contribution in [0.3, 0.4) is 0 Å². The van der Waals surface area contributed by atoms with E-state index < -0.39 is 5.54 Å². The first-order valence-electron chi connectivity index (χ1n) is 8.24. The van der Waals surface area contributed by atoms with Crippen molar-refractivity contribution in [2.75, 3.05) is 0 Å². The first kappa shape index (κ1) is 15.0. The number of rotatable bonds is 4. The van der Waals surface area contributed by atoms with Crippen molar-refractivity contribution in [1.29, 1.82) is 0 Å². The van der Waals surface area contributed by atoms with Crippen molar-refractivity contribution in [2.24, 2.45) is 5.73 Å². The average Bonchev–Trinajstić information content (AvgIpc) is 3.18. The van der Waals surface area contributed by atoms with Crippen molar-refractivity contribution in [3.05, 3.63) is 29.0 Å². The molecule has 0 aliphatic heterocycles. The summed E-state index contributed by atoms with van der Waals surface area (Å²) < 4.78 is 11.6. The zero-order valence-corrected chi connectivity index (χ0v) is 13.7. The average molecular weight is 334 g/mol. The molecule has 2 aromatic rings. The minimum Gasteiger partial charge on any atom is -0.490 e. The second-order valence-electron chi connectivity index (χ2n) is 6.60. The highest BCUT2D eigenvalue weighted by Crippen LogP contribution is 2.39. The molecule has 6 heteroatoms. The molecule has 2 aliphatic carbocycles.